The summed E-state index contributed by atoms with van der Waals surface area (Å²) < 4.78 is 64.2. The Morgan fingerprint density at radius 3 is 2.38 bits per heavy atom. The Kier molecular flexibility index (Phi) is 5.77. The van der Waals surface area contributed by atoms with Gasteiger partial charge in [-0.2, -0.15) is 13.2 Å². The van der Waals surface area contributed by atoms with Crippen LogP contribution in [0.25, 0.3) is 0 Å². The molecule has 4 nitrogen and oxygen atoms in total. The van der Waals surface area contributed by atoms with E-state index >= 15 is 0 Å². The first-order chi connectivity index (χ1) is 9.56. The van der Waals surface area contributed by atoms with E-state index in [0.717, 1.165) is 18.2 Å². The molecule has 0 aliphatic rings. The van der Waals surface area contributed by atoms with Crippen LogP contribution in [-0.4, -0.2) is 26.2 Å². The maximum Gasteiger partial charge on any atom is 0.416 e. The molecule has 21 heavy (non-hydrogen) atoms. The van der Waals surface area contributed by atoms with Crippen LogP contribution in [0.4, 0.5) is 13.2 Å². The number of hydrogen-bond acceptors (Lipinski definition) is 3. The molecule has 1 aromatic carbocycles. The van der Waals surface area contributed by atoms with Crippen molar-refractivity contribution in [1.29, 1.82) is 0 Å². The molecule has 0 radical (unpaired) electrons. The summed E-state index contributed by atoms with van der Waals surface area (Å²) in [5.41, 5.74) is -1.03. The zero-order valence-corrected chi connectivity index (χ0v) is 12.5. The maximum atomic E-state index is 12.6. The van der Waals surface area contributed by atoms with Gasteiger partial charge in [-0.1, -0.05) is 19.9 Å². The van der Waals surface area contributed by atoms with Crippen molar-refractivity contribution >= 4 is 10.0 Å². The Bertz CT molecular complexity index is 570. The number of rotatable bonds is 6. The van der Waals surface area contributed by atoms with Crippen molar-refractivity contribution < 1.29 is 26.7 Å². The average molecular weight is 325 g/mol. The van der Waals surface area contributed by atoms with Gasteiger partial charge in [0.25, 0.3) is 0 Å². The molecule has 0 saturated heterocycles. The maximum absolute atomic E-state index is 12.6. The van der Waals surface area contributed by atoms with Gasteiger partial charge in [0.2, 0.25) is 10.0 Å². The van der Waals surface area contributed by atoms with Gasteiger partial charge in [-0.05, 0) is 30.5 Å². The van der Waals surface area contributed by atoms with Crippen molar-refractivity contribution in [2.75, 3.05) is 6.61 Å². The average Bonchev–Trinajstić information content (AvgIpc) is 2.36. The molecule has 0 aliphatic heterocycles. The predicted octanol–water partition coefficient (Wildman–Crippen LogP) is 2.39. The topological polar surface area (TPSA) is 66.4 Å². The molecule has 1 atom stereocenters. The lowest BCUT2D eigenvalue weighted by Gasteiger charge is -2.18. The van der Waals surface area contributed by atoms with E-state index in [0.29, 0.717) is 12.5 Å². The summed E-state index contributed by atoms with van der Waals surface area (Å²) >= 11 is 0. The quantitative estimate of drug-likeness (QED) is 0.844. The van der Waals surface area contributed by atoms with Crippen LogP contribution in [0.3, 0.4) is 0 Å². The van der Waals surface area contributed by atoms with Crippen molar-refractivity contribution in [3.8, 4) is 0 Å². The van der Waals surface area contributed by atoms with Gasteiger partial charge in [0.05, 0.1) is 17.1 Å². The molecule has 1 aromatic rings. The molecular weight excluding hydrogens is 307 g/mol. The van der Waals surface area contributed by atoms with Gasteiger partial charge in [-0.3, -0.25) is 0 Å². The third-order valence-corrected chi connectivity index (χ3v) is 4.29. The molecular formula is C13H18F3NO3S. The van der Waals surface area contributed by atoms with Crippen LogP contribution < -0.4 is 4.72 Å². The van der Waals surface area contributed by atoms with Crippen LogP contribution in [0.2, 0.25) is 0 Å². The first kappa shape index (κ1) is 17.9. The molecule has 0 fully saturated rings. The molecule has 0 heterocycles. The molecule has 120 valence electrons. The molecule has 2 N–H and O–H groups in total. The van der Waals surface area contributed by atoms with Crippen molar-refractivity contribution in [2.45, 2.75) is 37.4 Å². The Labute approximate surface area is 122 Å². The van der Waals surface area contributed by atoms with Crippen molar-refractivity contribution in [3.63, 3.8) is 0 Å². The highest BCUT2D eigenvalue weighted by molar-refractivity contribution is 7.89. The molecule has 1 rings (SSSR count). The van der Waals surface area contributed by atoms with Gasteiger partial charge in [0, 0.05) is 6.04 Å². The van der Waals surface area contributed by atoms with Gasteiger partial charge >= 0.3 is 6.18 Å². The highest BCUT2D eigenvalue weighted by Gasteiger charge is 2.32. The van der Waals surface area contributed by atoms with E-state index in [1.807, 2.05) is 13.8 Å². The van der Waals surface area contributed by atoms with Crippen LogP contribution >= 0.6 is 0 Å². The minimum atomic E-state index is -4.61. The SMILES string of the molecule is CC(C)CC(CO)NS(=O)(=O)c1cccc(C(F)(F)F)c1. The smallest absolute Gasteiger partial charge is 0.395 e. The van der Waals surface area contributed by atoms with Gasteiger partial charge in [-0.15, -0.1) is 0 Å². The molecule has 8 heteroatoms. The van der Waals surface area contributed by atoms with Crippen molar-refractivity contribution in [3.05, 3.63) is 29.8 Å². The fourth-order valence-electron chi connectivity index (χ4n) is 1.86. The number of hydrogen-bond donors (Lipinski definition) is 2. The van der Waals surface area contributed by atoms with E-state index in [4.69, 9.17) is 5.11 Å². The lowest BCUT2D eigenvalue weighted by Crippen LogP contribution is -2.38. The van der Waals surface area contributed by atoms with E-state index in [1.54, 1.807) is 0 Å². The molecule has 0 amide bonds. The summed E-state index contributed by atoms with van der Waals surface area (Å²) in [6, 6.07) is 2.77. The van der Waals surface area contributed by atoms with E-state index in [9.17, 15) is 21.6 Å². The molecule has 0 aliphatic carbocycles. The van der Waals surface area contributed by atoms with Gasteiger partial charge < -0.3 is 5.11 Å². The summed E-state index contributed by atoms with van der Waals surface area (Å²) in [6.07, 6.45) is -4.23. The second-order valence-corrected chi connectivity index (χ2v) is 6.87. The number of nitrogens with one attached hydrogen (secondary N) is 1. The lowest BCUT2D eigenvalue weighted by molar-refractivity contribution is -0.137. The summed E-state index contributed by atoms with van der Waals surface area (Å²) in [5, 5.41) is 9.16. The number of aliphatic hydroxyl groups excluding tert-OH is 1. The highest BCUT2D eigenvalue weighted by Crippen LogP contribution is 2.30. The number of benzene rings is 1. The van der Waals surface area contributed by atoms with Crippen LogP contribution in [0.15, 0.2) is 29.2 Å². The summed E-state index contributed by atoms with van der Waals surface area (Å²) in [6.45, 7) is 3.28. The van der Waals surface area contributed by atoms with Gasteiger partial charge in [0.15, 0.2) is 0 Å². The number of aliphatic hydroxyl groups is 1. The van der Waals surface area contributed by atoms with E-state index in [2.05, 4.69) is 4.72 Å². The summed E-state index contributed by atoms with van der Waals surface area (Å²) in [5.74, 6) is 0.131. The van der Waals surface area contributed by atoms with Crippen LogP contribution in [0, 0.1) is 5.92 Å². The van der Waals surface area contributed by atoms with Gasteiger partial charge in [-0.25, -0.2) is 13.1 Å². The second-order valence-electron chi connectivity index (χ2n) is 5.16. The summed E-state index contributed by atoms with van der Waals surface area (Å²) in [4.78, 5) is -0.473. The fourth-order valence-corrected chi connectivity index (χ4v) is 3.14. The molecule has 1 unspecified atom stereocenters. The fraction of sp³-hybridized carbons (Fsp3) is 0.538. The zero-order chi connectivity index (χ0) is 16.3. The first-order valence-electron chi connectivity index (χ1n) is 6.36. The Morgan fingerprint density at radius 2 is 1.90 bits per heavy atom. The largest absolute Gasteiger partial charge is 0.416 e. The lowest BCUT2D eigenvalue weighted by atomic mass is 10.1. The highest BCUT2D eigenvalue weighted by atomic mass is 32.2. The normalized spacial score (nSPS) is 14.4. The standard InChI is InChI=1S/C13H18F3NO3S/c1-9(2)6-11(8-18)17-21(19,20)12-5-3-4-10(7-12)13(14,15)16/h3-5,7,9,11,17-18H,6,8H2,1-2H3. The Balaban J connectivity index is 3.02. The monoisotopic (exact) mass is 325 g/mol. The molecule has 0 aromatic heterocycles. The minimum Gasteiger partial charge on any atom is -0.395 e. The molecule has 0 bridgehead atoms. The van der Waals surface area contributed by atoms with Crippen LogP contribution in [-0.2, 0) is 16.2 Å². The Hall–Kier alpha value is -1.12. The van der Waals surface area contributed by atoms with Crippen LogP contribution in [0.1, 0.15) is 25.8 Å². The van der Waals surface area contributed by atoms with Crippen molar-refractivity contribution in [2.24, 2.45) is 5.92 Å². The van der Waals surface area contributed by atoms with Gasteiger partial charge in [0.1, 0.15) is 0 Å². The number of alkyl halides is 3. The number of halogens is 3. The van der Waals surface area contributed by atoms with Crippen molar-refractivity contribution in [1.82, 2.24) is 4.72 Å². The molecule has 0 spiro atoms. The minimum absolute atomic E-state index is 0.131. The third-order valence-electron chi connectivity index (χ3n) is 2.77. The Morgan fingerprint density at radius 1 is 1.29 bits per heavy atom. The number of sulfonamides is 1. The first-order valence-corrected chi connectivity index (χ1v) is 7.85. The van der Waals surface area contributed by atoms with E-state index < -0.39 is 39.3 Å². The van der Waals surface area contributed by atoms with E-state index in [1.165, 1.54) is 0 Å². The predicted molar refractivity (Wildman–Crippen MR) is 72.1 cm³/mol. The summed E-state index contributed by atoms with van der Waals surface area (Å²) in [7, 11) is -4.11. The van der Waals surface area contributed by atoms with Crippen LogP contribution in [0.5, 0.6) is 0 Å². The molecule has 0 saturated carbocycles. The van der Waals surface area contributed by atoms with E-state index in [-0.39, 0.29) is 5.92 Å². The second kappa shape index (κ2) is 6.76. The zero-order valence-electron chi connectivity index (χ0n) is 11.7. The third kappa shape index (κ3) is 5.29.